The molecule has 6 heteroatoms. The molecule has 0 spiro atoms. The first-order valence-corrected chi connectivity index (χ1v) is 8.16. The second-order valence-corrected chi connectivity index (χ2v) is 5.71. The summed E-state index contributed by atoms with van der Waals surface area (Å²) in [5.41, 5.74) is 1.61. The first-order chi connectivity index (χ1) is 12.6. The highest BCUT2D eigenvalue weighted by Crippen LogP contribution is 2.26. The van der Waals surface area contributed by atoms with E-state index in [4.69, 9.17) is 25.8 Å². The molecule has 1 aliphatic heterocycles. The Balaban J connectivity index is 1.84. The Morgan fingerprint density at radius 3 is 2.65 bits per heavy atom. The van der Waals surface area contributed by atoms with Gasteiger partial charge in [0, 0.05) is 5.56 Å². The van der Waals surface area contributed by atoms with E-state index in [9.17, 15) is 4.79 Å². The zero-order valence-corrected chi connectivity index (χ0v) is 15.0. The minimum atomic E-state index is -0.531. The third kappa shape index (κ3) is 3.78. The van der Waals surface area contributed by atoms with Gasteiger partial charge in [-0.2, -0.15) is 0 Å². The van der Waals surface area contributed by atoms with Gasteiger partial charge in [-0.15, -0.1) is 0 Å². The number of carbonyl (C=O) groups excluding carboxylic acids is 1. The lowest BCUT2D eigenvalue weighted by atomic mass is 10.2. The standard InChI is InChI=1S/C20H16ClNO4/c1-24-14-10-11-15(16(21)12-14)19-22-17(20(23)26-19)8-5-7-13-6-3-4-9-18(13)25-2/h3-12H,1-2H3/b7-5+,17-8-. The van der Waals surface area contributed by atoms with Gasteiger partial charge in [-0.25, -0.2) is 9.79 Å². The number of carbonyl (C=O) groups is 1. The largest absolute Gasteiger partial charge is 0.497 e. The maximum Gasteiger partial charge on any atom is 0.363 e. The molecule has 0 N–H and O–H groups in total. The lowest BCUT2D eigenvalue weighted by molar-refractivity contribution is -0.130. The molecule has 0 unspecified atom stereocenters. The number of cyclic esters (lactones) is 1. The van der Waals surface area contributed by atoms with Gasteiger partial charge in [0.1, 0.15) is 11.5 Å². The highest BCUT2D eigenvalue weighted by molar-refractivity contribution is 6.34. The van der Waals surface area contributed by atoms with E-state index in [1.807, 2.05) is 30.3 Å². The fourth-order valence-electron chi connectivity index (χ4n) is 2.38. The Labute approximate surface area is 156 Å². The summed E-state index contributed by atoms with van der Waals surface area (Å²) in [5, 5.41) is 0.390. The summed E-state index contributed by atoms with van der Waals surface area (Å²) < 4.78 is 15.6. The Hall–Kier alpha value is -3.05. The normalized spacial score (nSPS) is 15.3. The van der Waals surface area contributed by atoms with Crippen molar-refractivity contribution in [2.75, 3.05) is 14.2 Å². The van der Waals surface area contributed by atoms with Crippen LogP contribution in [0.4, 0.5) is 0 Å². The van der Waals surface area contributed by atoms with Crippen molar-refractivity contribution in [3.05, 3.63) is 76.5 Å². The molecule has 0 aliphatic carbocycles. The van der Waals surface area contributed by atoms with Crippen LogP contribution in [0, 0.1) is 0 Å². The third-order valence-electron chi connectivity index (χ3n) is 3.70. The lowest BCUT2D eigenvalue weighted by Crippen LogP contribution is -2.06. The van der Waals surface area contributed by atoms with Crippen LogP contribution in [0.3, 0.4) is 0 Å². The summed E-state index contributed by atoms with van der Waals surface area (Å²) in [7, 11) is 3.15. The van der Waals surface area contributed by atoms with Crippen molar-refractivity contribution >= 4 is 29.5 Å². The fraction of sp³-hybridized carbons (Fsp3) is 0.100. The number of allylic oxidation sites excluding steroid dienone is 2. The Morgan fingerprint density at radius 1 is 1.12 bits per heavy atom. The number of hydrogen-bond acceptors (Lipinski definition) is 5. The van der Waals surface area contributed by atoms with Crippen molar-refractivity contribution in [3.8, 4) is 11.5 Å². The van der Waals surface area contributed by atoms with Crippen molar-refractivity contribution < 1.29 is 19.0 Å². The van der Waals surface area contributed by atoms with Crippen LogP contribution in [-0.4, -0.2) is 26.1 Å². The predicted octanol–water partition coefficient (Wildman–Crippen LogP) is 4.26. The second kappa shape index (κ2) is 7.89. The summed E-state index contributed by atoms with van der Waals surface area (Å²) in [5.74, 6) is 0.987. The van der Waals surface area contributed by atoms with Crippen molar-refractivity contribution in [2.45, 2.75) is 0 Å². The monoisotopic (exact) mass is 369 g/mol. The van der Waals surface area contributed by atoms with Crippen molar-refractivity contribution in [1.82, 2.24) is 0 Å². The molecule has 0 amide bonds. The number of benzene rings is 2. The molecule has 0 radical (unpaired) electrons. The number of nitrogens with zero attached hydrogens (tertiary/aromatic N) is 1. The summed E-state index contributed by atoms with van der Waals surface area (Å²) in [4.78, 5) is 16.3. The molecular weight excluding hydrogens is 354 g/mol. The molecule has 2 aromatic rings. The lowest BCUT2D eigenvalue weighted by Gasteiger charge is -2.05. The number of aliphatic imine (C=N–C) groups is 1. The fourth-order valence-corrected chi connectivity index (χ4v) is 2.63. The Kier molecular flexibility index (Phi) is 5.39. The van der Waals surface area contributed by atoms with Crippen molar-refractivity contribution in [3.63, 3.8) is 0 Å². The van der Waals surface area contributed by atoms with Crippen LogP contribution in [0.1, 0.15) is 11.1 Å². The summed E-state index contributed by atoms with van der Waals surface area (Å²) in [6.45, 7) is 0. The van der Waals surface area contributed by atoms with Gasteiger partial charge < -0.3 is 14.2 Å². The second-order valence-electron chi connectivity index (χ2n) is 5.31. The van der Waals surface area contributed by atoms with E-state index in [0.29, 0.717) is 16.3 Å². The highest BCUT2D eigenvalue weighted by Gasteiger charge is 2.25. The van der Waals surface area contributed by atoms with Crippen LogP contribution >= 0.6 is 11.6 Å². The van der Waals surface area contributed by atoms with Crippen LogP contribution in [0.15, 0.2) is 65.3 Å². The number of para-hydroxylation sites is 1. The Morgan fingerprint density at radius 2 is 1.92 bits per heavy atom. The summed E-state index contributed by atoms with van der Waals surface area (Å²) in [6.07, 6.45) is 5.13. The summed E-state index contributed by atoms with van der Waals surface area (Å²) >= 11 is 6.20. The molecule has 132 valence electrons. The molecule has 3 rings (SSSR count). The average Bonchev–Trinajstić information content (AvgIpc) is 3.02. The van der Waals surface area contributed by atoms with E-state index in [-0.39, 0.29) is 11.6 Å². The maximum atomic E-state index is 12.0. The first-order valence-electron chi connectivity index (χ1n) is 7.78. The van der Waals surface area contributed by atoms with E-state index in [2.05, 4.69) is 4.99 Å². The van der Waals surface area contributed by atoms with Gasteiger partial charge in [0.2, 0.25) is 5.90 Å². The predicted molar refractivity (Wildman–Crippen MR) is 101 cm³/mol. The van der Waals surface area contributed by atoms with E-state index in [0.717, 1.165) is 11.3 Å². The zero-order valence-electron chi connectivity index (χ0n) is 14.2. The molecule has 0 saturated heterocycles. The van der Waals surface area contributed by atoms with Crippen LogP contribution in [0.2, 0.25) is 5.02 Å². The summed E-state index contributed by atoms with van der Waals surface area (Å²) in [6, 6.07) is 12.6. The molecule has 1 aliphatic rings. The van der Waals surface area contributed by atoms with Gasteiger partial charge in [-0.3, -0.25) is 0 Å². The molecule has 26 heavy (non-hydrogen) atoms. The van der Waals surface area contributed by atoms with Gasteiger partial charge >= 0.3 is 5.97 Å². The zero-order chi connectivity index (χ0) is 18.5. The molecule has 2 aromatic carbocycles. The smallest absolute Gasteiger partial charge is 0.363 e. The maximum absolute atomic E-state index is 12.0. The Bertz CT molecular complexity index is 931. The van der Waals surface area contributed by atoms with Crippen LogP contribution in [-0.2, 0) is 9.53 Å². The van der Waals surface area contributed by atoms with Gasteiger partial charge in [0.25, 0.3) is 0 Å². The number of ether oxygens (including phenoxy) is 3. The number of esters is 1. The minimum absolute atomic E-state index is 0.166. The van der Waals surface area contributed by atoms with E-state index < -0.39 is 5.97 Å². The molecule has 0 bridgehead atoms. The van der Waals surface area contributed by atoms with Gasteiger partial charge in [-0.1, -0.05) is 42.0 Å². The minimum Gasteiger partial charge on any atom is -0.497 e. The third-order valence-corrected chi connectivity index (χ3v) is 4.01. The highest BCUT2D eigenvalue weighted by atomic mass is 35.5. The molecule has 5 nitrogen and oxygen atoms in total. The number of halogens is 1. The molecule has 1 heterocycles. The molecule has 0 fully saturated rings. The molecule has 0 saturated carbocycles. The number of methoxy groups -OCH3 is 2. The van der Waals surface area contributed by atoms with Crippen LogP contribution < -0.4 is 9.47 Å². The number of hydrogen-bond donors (Lipinski definition) is 0. The quantitative estimate of drug-likeness (QED) is 0.583. The number of rotatable bonds is 5. The molecule has 0 aromatic heterocycles. The van der Waals surface area contributed by atoms with Gasteiger partial charge in [0.15, 0.2) is 5.70 Å². The SMILES string of the molecule is COc1ccc(C2=N/C(=C\C=C\c3ccccc3OC)C(=O)O2)c(Cl)c1. The average molecular weight is 370 g/mol. The van der Waals surface area contributed by atoms with E-state index in [1.54, 1.807) is 44.6 Å². The van der Waals surface area contributed by atoms with E-state index >= 15 is 0 Å². The van der Waals surface area contributed by atoms with Gasteiger partial charge in [-0.05, 0) is 30.3 Å². The van der Waals surface area contributed by atoms with E-state index in [1.165, 1.54) is 0 Å². The first kappa shape index (κ1) is 17.8. The van der Waals surface area contributed by atoms with Crippen molar-refractivity contribution in [1.29, 1.82) is 0 Å². The molecular formula is C20H16ClNO4. The van der Waals surface area contributed by atoms with Gasteiger partial charge in [0.05, 0.1) is 24.8 Å². The van der Waals surface area contributed by atoms with Crippen LogP contribution in [0.5, 0.6) is 11.5 Å². The van der Waals surface area contributed by atoms with Crippen molar-refractivity contribution in [2.24, 2.45) is 4.99 Å². The molecule has 0 atom stereocenters. The topological polar surface area (TPSA) is 57.1 Å². The van der Waals surface area contributed by atoms with Crippen LogP contribution in [0.25, 0.3) is 6.08 Å².